The SMILES string of the molecule is Cc1[nH]c2c(-c3cc(F)ccc3OCC3CC3)ncnc2c1C(=O)NC1CN(C(=O)[C@H](C)O)CC1(F)F. The molecule has 1 saturated carbocycles. The number of aromatic amines is 1. The summed E-state index contributed by atoms with van der Waals surface area (Å²) in [6, 6.07) is 2.44. The molecule has 0 radical (unpaired) electrons. The number of benzene rings is 1. The lowest BCUT2D eigenvalue weighted by molar-refractivity contribution is -0.139. The Hall–Kier alpha value is -3.67. The van der Waals surface area contributed by atoms with Crippen molar-refractivity contribution in [3.63, 3.8) is 0 Å². The van der Waals surface area contributed by atoms with Gasteiger partial charge in [0.05, 0.1) is 24.2 Å². The van der Waals surface area contributed by atoms with Crippen LogP contribution in [0.5, 0.6) is 5.75 Å². The first-order valence-electron chi connectivity index (χ1n) is 12.0. The highest BCUT2D eigenvalue weighted by Crippen LogP contribution is 2.37. The van der Waals surface area contributed by atoms with Gasteiger partial charge in [0.15, 0.2) is 0 Å². The van der Waals surface area contributed by atoms with Gasteiger partial charge in [0, 0.05) is 17.8 Å². The molecule has 2 fully saturated rings. The van der Waals surface area contributed by atoms with E-state index in [4.69, 9.17) is 4.74 Å². The highest BCUT2D eigenvalue weighted by molar-refractivity contribution is 6.09. The van der Waals surface area contributed by atoms with Crippen molar-refractivity contribution < 1.29 is 32.6 Å². The van der Waals surface area contributed by atoms with Crippen LogP contribution in [0.2, 0.25) is 0 Å². The Morgan fingerprint density at radius 2 is 2.08 bits per heavy atom. The number of aliphatic hydroxyl groups is 1. The van der Waals surface area contributed by atoms with E-state index in [9.17, 15) is 27.9 Å². The molecule has 1 aliphatic carbocycles. The first-order valence-corrected chi connectivity index (χ1v) is 12.0. The molecular weight excluding hydrogens is 491 g/mol. The monoisotopic (exact) mass is 517 g/mol. The van der Waals surface area contributed by atoms with Crippen molar-refractivity contribution >= 4 is 22.8 Å². The topological polar surface area (TPSA) is 120 Å². The minimum absolute atomic E-state index is 0.0339. The fraction of sp³-hybridized carbons (Fsp3) is 0.440. The predicted octanol–water partition coefficient (Wildman–Crippen LogP) is 2.82. The number of hydrogen-bond donors (Lipinski definition) is 3. The molecule has 2 aromatic heterocycles. The third-order valence-electron chi connectivity index (χ3n) is 6.66. The van der Waals surface area contributed by atoms with Crippen LogP contribution in [0.3, 0.4) is 0 Å². The number of alkyl halides is 2. The molecule has 2 atom stereocenters. The Morgan fingerprint density at radius 1 is 1.32 bits per heavy atom. The van der Waals surface area contributed by atoms with Gasteiger partial charge in [-0.1, -0.05) is 0 Å². The lowest BCUT2D eigenvalue weighted by Gasteiger charge is -2.18. The van der Waals surface area contributed by atoms with Crippen molar-refractivity contribution in [3.05, 3.63) is 41.6 Å². The molecule has 3 aromatic rings. The van der Waals surface area contributed by atoms with Crippen molar-refractivity contribution in [2.45, 2.75) is 44.8 Å². The number of aromatic nitrogens is 3. The van der Waals surface area contributed by atoms with E-state index in [1.165, 1.54) is 31.5 Å². The van der Waals surface area contributed by atoms with E-state index >= 15 is 0 Å². The van der Waals surface area contributed by atoms with E-state index in [2.05, 4.69) is 20.3 Å². The number of amides is 2. The second-order valence-corrected chi connectivity index (χ2v) is 9.65. The van der Waals surface area contributed by atoms with Gasteiger partial charge in [-0.2, -0.15) is 0 Å². The van der Waals surface area contributed by atoms with E-state index in [0.29, 0.717) is 40.7 Å². The van der Waals surface area contributed by atoms with Crippen LogP contribution in [0.1, 0.15) is 35.8 Å². The summed E-state index contributed by atoms with van der Waals surface area (Å²) >= 11 is 0. The number of halogens is 3. The number of aryl methyl sites for hydroxylation is 1. The Morgan fingerprint density at radius 3 is 2.78 bits per heavy atom. The minimum atomic E-state index is -3.39. The normalized spacial score (nSPS) is 19.7. The molecular formula is C25H26F3N5O4. The van der Waals surface area contributed by atoms with E-state index in [-0.39, 0.29) is 11.1 Å². The van der Waals surface area contributed by atoms with Crippen molar-refractivity contribution in [3.8, 4) is 17.0 Å². The number of H-pyrrole nitrogens is 1. The number of ether oxygens (including phenoxy) is 1. The maximum Gasteiger partial charge on any atom is 0.286 e. The smallest absolute Gasteiger partial charge is 0.286 e. The molecule has 3 heterocycles. The summed E-state index contributed by atoms with van der Waals surface area (Å²) in [5, 5.41) is 11.8. The van der Waals surface area contributed by atoms with Gasteiger partial charge in [-0.25, -0.2) is 23.1 Å². The number of nitrogens with one attached hydrogen (secondary N) is 2. The second-order valence-electron chi connectivity index (χ2n) is 9.65. The zero-order valence-electron chi connectivity index (χ0n) is 20.2. The van der Waals surface area contributed by atoms with Crippen LogP contribution in [0, 0.1) is 18.7 Å². The lowest BCUT2D eigenvalue weighted by Crippen LogP contribution is -2.47. The van der Waals surface area contributed by atoms with E-state index in [1.807, 2.05) is 0 Å². The van der Waals surface area contributed by atoms with Crippen LogP contribution >= 0.6 is 0 Å². The first-order chi connectivity index (χ1) is 17.5. The Kier molecular flexibility index (Phi) is 6.30. The number of carbonyl (C=O) groups is 2. The van der Waals surface area contributed by atoms with E-state index in [1.54, 1.807) is 6.92 Å². The number of carbonyl (C=O) groups excluding carboxylic acids is 2. The zero-order chi connectivity index (χ0) is 26.5. The fourth-order valence-electron chi connectivity index (χ4n) is 4.51. The highest BCUT2D eigenvalue weighted by atomic mass is 19.3. The summed E-state index contributed by atoms with van der Waals surface area (Å²) in [6.45, 7) is 1.92. The number of aliphatic hydroxyl groups excluding tert-OH is 1. The Labute approximate surface area is 210 Å². The van der Waals surface area contributed by atoms with Gasteiger partial charge in [0.25, 0.3) is 17.7 Å². The molecule has 1 aliphatic heterocycles. The first kappa shape index (κ1) is 25.0. The van der Waals surface area contributed by atoms with Crippen LogP contribution in [0.4, 0.5) is 13.2 Å². The highest BCUT2D eigenvalue weighted by Gasteiger charge is 2.51. The van der Waals surface area contributed by atoms with E-state index < -0.39 is 48.8 Å². The zero-order valence-corrected chi connectivity index (χ0v) is 20.2. The minimum Gasteiger partial charge on any atom is -0.493 e. The third kappa shape index (κ3) is 4.85. The van der Waals surface area contributed by atoms with Crippen LogP contribution in [-0.2, 0) is 4.79 Å². The Balaban J connectivity index is 1.46. The third-order valence-corrected chi connectivity index (χ3v) is 6.66. The maximum absolute atomic E-state index is 14.6. The largest absolute Gasteiger partial charge is 0.493 e. The Bertz CT molecular complexity index is 1370. The molecule has 1 unspecified atom stereocenters. The van der Waals surface area contributed by atoms with Crippen LogP contribution in [0.25, 0.3) is 22.3 Å². The molecule has 12 heteroatoms. The van der Waals surface area contributed by atoms with Gasteiger partial charge < -0.3 is 25.0 Å². The van der Waals surface area contributed by atoms with E-state index in [0.717, 1.165) is 17.7 Å². The lowest BCUT2D eigenvalue weighted by atomic mass is 10.1. The van der Waals surface area contributed by atoms with Gasteiger partial charge in [0.1, 0.15) is 41.3 Å². The molecule has 2 aliphatic rings. The van der Waals surface area contributed by atoms with Gasteiger partial charge in [-0.05, 0) is 50.8 Å². The van der Waals surface area contributed by atoms with Crippen molar-refractivity contribution in [2.75, 3.05) is 19.7 Å². The summed E-state index contributed by atoms with van der Waals surface area (Å²) in [5.41, 5.74) is 1.57. The average Bonchev–Trinajstić information content (AvgIpc) is 3.54. The van der Waals surface area contributed by atoms with Crippen molar-refractivity contribution in [1.82, 2.24) is 25.2 Å². The standard InChI is InChI=1S/C25H26F3N5O4/c1-12-19(23(35)32-18-8-33(10-25(18,27)28)24(36)13(2)34)21-22(31-12)20(29-11-30-21)16-7-15(26)5-6-17(16)37-9-14-3-4-14/h5-7,11,13-14,18,31,34H,3-4,8-10H2,1-2H3,(H,32,35)/t13-,18?/m0/s1. The number of likely N-dealkylation sites (tertiary alicyclic amines) is 1. The molecule has 5 rings (SSSR count). The predicted molar refractivity (Wildman–Crippen MR) is 127 cm³/mol. The molecule has 3 N–H and O–H groups in total. The molecule has 1 saturated heterocycles. The average molecular weight is 518 g/mol. The van der Waals surface area contributed by atoms with Crippen LogP contribution in [0.15, 0.2) is 24.5 Å². The van der Waals surface area contributed by atoms with Crippen molar-refractivity contribution in [2.24, 2.45) is 5.92 Å². The molecule has 9 nitrogen and oxygen atoms in total. The summed E-state index contributed by atoms with van der Waals surface area (Å²) in [7, 11) is 0. The summed E-state index contributed by atoms with van der Waals surface area (Å²) in [4.78, 5) is 37.6. The molecule has 0 spiro atoms. The van der Waals surface area contributed by atoms with Gasteiger partial charge >= 0.3 is 0 Å². The van der Waals surface area contributed by atoms with Crippen molar-refractivity contribution in [1.29, 1.82) is 0 Å². The summed E-state index contributed by atoms with van der Waals surface area (Å²) in [6.07, 6.45) is 1.93. The number of nitrogens with zero attached hydrogens (tertiary/aromatic N) is 3. The number of hydrogen-bond acceptors (Lipinski definition) is 6. The molecule has 2 amide bonds. The quantitative estimate of drug-likeness (QED) is 0.443. The molecule has 0 bridgehead atoms. The summed E-state index contributed by atoms with van der Waals surface area (Å²) in [5.74, 6) is -4.65. The van der Waals surface area contributed by atoms with Gasteiger partial charge in [0.2, 0.25) is 0 Å². The van der Waals surface area contributed by atoms with Gasteiger partial charge in [-0.3, -0.25) is 9.59 Å². The van der Waals surface area contributed by atoms with Crippen LogP contribution < -0.4 is 10.1 Å². The maximum atomic E-state index is 14.6. The molecule has 37 heavy (non-hydrogen) atoms. The van der Waals surface area contributed by atoms with Crippen LogP contribution in [-0.4, -0.2) is 74.5 Å². The second kappa shape index (κ2) is 9.33. The number of fused-ring (bicyclic) bond motifs is 1. The van der Waals surface area contributed by atoms with Gasteiger partial charge in [-0.15, -0.1) is 0 Å². The molecule has 1 aromatic carbocycles. The number of rotatable bonds is 7. The molecule has 196 valence electrons. The summed E-state index contributed by atoms with van der Waals surface area (Å²) < 4.78 is 49.4. The fourth-order valence-corrected chi connectivity index (χ4v) is 4.51.